The van der Waals surface area contributed by atoms with Gasteiger partial charge in [0.15, 0.2) is 0 Å². The highest BCUT2D eigenvalue weighted by Gasteiger charge is 2.30. The highest BCUT2D eigenvalue weighted by molar-refractivity contribution is 7.48. The molecule has 44 heavy (non-hydrogen) atoms. The summed E-state index contributed by atoms with van der Waals surface area (Å²) in [5.74, 6) is 0. The van der Waals surface area contributed by atoms with Gasteiger partial charge in [-0.25, -0.2) is 4.57 Å². The predicted molar refractivity (Wildman–Crippen MR) is 191 cm³/mol. The average molecular weight is 860 g/mol. The molecule has 0 radical (unpaired) electrons. The minimum atomic E-state index is -4.50. The fraction of sp³-hybridized carbons (Fsp3) is 0.111. The van der Waals surface area contributed by atoms with Gasteiger partial charge in [0.05, 0.1) is 50.0 Å². The van der Waals surface area contributed by atoms with Crippen LogP contribution in [-0.4, -0.2) is 19.8 Å². The SMILES string of the molecule is O=P(OC/C(=C/Cl)c1cc(Cl)c(Cl)cc1Cl)(OC/C(=C/Cl)c1cc(Cl)c(Cl)cc1Cl)OC/C(=C/Cl)c1cc(Cl)c(Cl)cc1Cl. The van der Waals surface area contributed by atoms with E-state index in [-0.39, 0.29) is 61.9 Å². The van der Waals surface area contributed by atoms with Gasteiger partial charge in [0.1, 0.15) is 0 Å². The van der Waals surface area contributed by atoms with Gasteiger partial charge in [0.2, 0.25) is 0 Å². The zero-order valence-electron chi connectivity index (χ0n) is 21.4. The van der Waals surface area contributed by atoms with E-state index in [0.29, 0.717) is 16.7 Å². The van der Waals surface area contributed by atoms with Crippen LogP contribution in [0.15, 0.2) is 53.0 Å². The summed E-state index contributed by atoms with van der Waals surface area (Å²) in [6.07, 6.45) is 0. The van der Waals surface area contributed by atoms with Crippen molar-refractivity contribution in [3.05, 3.63) is 115 Å². The third-order valence-corrected chi connectivity index (χ3v) is 10.8. The summed E-state index contributed by atoms with van der Waals surface area (Å²) in [6.45, 7) is -1.25. The molecule has 4 nitrogen and oxygen atoms in total. The van der Waals surface area contributed by atoms with E-state index >= 15 is 0 Å². The number of hydrogen-bond acceptors (Lipinski definition) is 4. The molecule has 0 unspecified atom stereocenters. The van der Waals surface area contributed by atoms with E-state index in [0.717, 1.165) is 16.6 Å². The van der Waals surface area contributed by atoms with E-state index < -0.39 is 27.6 Å². The second-order valence-corrected chi connectivity index (χ2v) is 14.4. The summed E-state index contributed by atoms with van der Waals surface area (Å²) >= 11 is 73.9. The molecule has 0 amide bonds. The van der Waals surface area contributed by atoms with Crippen molar-refractivity contribution in [2.75, 3.05) is 19.8 Å². The van der Waals surface area contributed by atoms with Gasteiger partial charge in [0, 0.05) is 48.4 Å². The van der Waals surface area contributed by atoms with Gasteiger partial charge in [-0.3, -0.25) is 13.6 Å². The van der Waals surface area contributed by atoms with Crippen LogP contribution in [0.3, 0.4) is 0 Å². The topological polar surface area (TPSA) is 44.8 Å². The number of benzene rings is 3. The van der Waals surface area contributed by atoms with E-state index in [1.165, 1.54) is 36.4 Å². The molecule has 3 aromatic rings. The molecule has 3 aromatic carbocycles. The molecule has 0 N–H and O–H groups in total. The second kappa shape index (κ2) is 17.7. The van der Waals surface area contributed by atoms with Gasteiger partial charge < -0.3 is 0 Å². The Bertz CT molecular complexity index is 1500. The quantitative estimate of drug-likeness (QED) is 0.134. The van der Waals surface area contributed by atoms with Gasteiger partial charge >= 0.3 is 7.82 Å². The Balaban J connectivity index is 1.93. The lowest BCUT2D eigenvalue weighted by Crippen LogP contribution is -2.07. The zero-order valence-corrected chi connectivity index (χ0v) is 31.4. The lowest BCUT2D eigenvalue weighted by molar-refractivity contribution is 0.146. The fourth-order valence-electron chi connectivity index (χ4n) is 3.37. The fourth-order valence-corrected chi connectivity index (χ4v) is 7.03. The summed E-state index contributed by atoms with van der Waals surface area (Å²) in [5.41, 5.74) is 5.36. The molecule has 0 saturated heterocycles. The van der Waals surface area contributed by atoms with Crippen LogP contribution < -0.4 is 0 Å². The normalized spacial score (nSPS) is 13.1. The minimum Gasteiger partial charge on any atom is -0.282 e. The summed E-state index contributed by atoms with van der Waals surface area (Å²) < 4.78 is 31.1. The molecule has 0 atom stereocenters. The number of halogens is 12. The standard InChI is InChI=1S/C27H15Cl12O4P/c28-7-13(16-1-22(34)25(37)4-19(16)31)10-41-44(40,42-11-14(8-29)17-2-23(35)26(38)5-20(17)32)43-12-15(9-30)18-3-24(36)27(39)6-21(18)33/h1-9H,10-12H2/b13-7-,14-8-,15-9-. The molecule has 3 rings (SSSR count). The van der Waals surface area contributed by atoms with E-state index in [4.69, 9.17) is 153 Å². The van der Waals surface area contributed by atoms with Crippen molar-refractivity contribution in [3.8, 4) is 0 Å². The Morgan fingerprint density at radius 1 is 0.455 bits per heavy atom. The maximum atomic E-state index is 14.1. The summed E-state index contributed by atoms with van der Waals surface area (Å²) in [7, 11) is -4.50. The van der Waals surface area contributed by atoms with Crippen LogP contribution >= 0.6 is 147 Å². The highest BCUT2D eigenvalue weighted by Crippen LogP contribution is 2.52. The van der Waals surface area contributed by atoms with Crippen molar-refractivity contribution in [2.45, 2.75) is 0 Å². The van der Waals surface area contributed by atoms with Gasteiger partial charge in [-0.05, 0) is 53.1 Å². The van der Waals surface area contributed by atoms with Crippen molar-refractivity contribution in [3.63, 3.8) is 0 Å². The Kier molecular flexibility index (Phi) is 15.7. The van der Waals surface area contributed by atoms with Crippen molar-refractivity contribution in [1.29, 1.82) is 0 Å². The highest BCUT2D eigenvalue weighted by atomic mass is 35.5. The minimum absolute atomic E-state index is 0.198. The monoisotopic (exact) mass is 854 g/mol. The van der Waals surface area contributed by atoms with E-state index in [9.17, 15) is 4.57 Å². The van der Waals surface area contributed by atoms with Crippen LogP contribution in [0.1, 0.15) is 16.7 Å². The first kappa shape index (κ1) is 38.9. The smallest absolute Gasteiger partial charge is 0.282 e. The molecule has 0 fully saturated rings. The zero-order chi connectivity index (χ0) is 32.8. The van der Waals surface area contributed by atoms with Crippen LogP contribution in [0.25, 0.3) is 16.7 Å². The van der Waals surface area contributed by atoms with Crippen molar-refractivity contribution >= 4 is 164 Å². The van der Waals surface area contributed by atoms with Crippen molar-refractivity contribution < 1.29 is 18.1 Å². The van der Waals surface area contributed by atoms with E-state index in [1.54, 1.807) is 0 Å². The van der Waals surface area contributed by atoms with Crippen molar-refractivity contribution in [2.24, 2.45) is 0 Å². The Morgan fingerprint density at radius 3 is 0.909 bits per heavy atom. The number of rotatable bonds is 12. The Labute approximate surface area is 313 Å². The first-order valence-electron chi connectivity index (χ1n) is 11.6. The average Bonchev–Trinajstić information content (AvgIpc) is 2.97. The number of hydrogen-bond donors (Lipinski definition) is 0. The first-order chi connectivity index (χ1) is 20.7. The molecule has 0 aliphatic rings. The third-order valence-electron chi connectivity index (χ3n) is 5.60. The van der Waals surface area contributed by atoms with Crippen molar-refractivity contribution in [1.82, 2.24) is 0 Å². The lowest BCUT2D eigenvalue weighted by atomic mass is 10.1. The lowest BCUT2D eigenvalue weighted by Gasteiger charge is -2.21. The number of phosphoric ester groups is 1. The van der Waals surface area contributed by atoms with E-state index in [1.807, 2.05) is 0 Å². The third kappa shape index (κ3) is 10.2. The largest absolute Gasteiger partial charge is 0.475 e. The van der Waals surface area contributed by atoms with Gasteiger partial charge in [-0.1, -0.05) is 139 Å². The van der Waals surface area contributed by atoms with Crippen LogP contribution in [0.5, 0.6) is 0 Å². The molecule has 0 saturated carbocycles. The number of phosphoric acid groups is 1. The van der Waals surface area contributed by atoms with Crippen LogP contribution in [0, 0.1) is 0 Å². The molecular formula is C27H15Cl12O4P. The second-order valence-electron chi connectivity index (χ2n) is 8.41. The maximum Gasteiger partial charge on any atom is 0.475 e. The van der Waals surface area contributed by atoms with Gasteiger partial charge in [0.25, 0.3) is 0 Å². The molecule has 236 valence electrons. The molecule has 0 spiro atoms. The molecule has 17 heteroatoms. The van der Waals surface area contributed by atoms with Gasteiger partial charge in [-0.2, -0.15) is 0 Å². The molecule has 0 aromatic heterocycles. The van der Waals surface area contributed by atoms with Crippen LogP contribution in [0.2, 0.25) is 45.2 Å². The molecular weight excluding hydrogens is 845 g/mol. The molecule has 0 heterocycles. The summed E-state index contributed by atoms with van der Waals surface area (Å²) in [4.78, 5) is 0. The van der Waals surface area contributed by atoms with E-state index in [2.05, 4.69) is 0 Å². The summed E-state index contributed by atoms with van der Waals surface area (Å²) in [5, 5.41) is 1.86. The predicted octanol–water partition coefficient (Wildman–Crippen LogP) is 14.9. The Hall–Kier alpha value is 0.470. The first-order valence-corrected chi connectivity index (χ1v) is 17.8. The molecule has 0 aliphatic heterocycles. The Morgan fingerprint density at radius 2 is 0.682 bits per heavy atom. The molecule has 0 aliphatic carbocycles. The van der Waals surface area contributed by atoms with Crippen LogP contribution in [-0.2, 0) is 18.1 Å². The van der Waals surface area contributed by atoms with Gasteiger partial charge in [-0.15, -0.1) is 0 Å². The summed E-state index contributed by atoms with van der Waals surface area (Å²) in [6, 6.07) is 8.67. The maximum absolute atomic E-state index is 14.1. The van der Waals surface area contributed by atoms with Crippen LogP contribution in [0.4, 0.5) is 0 Å². The molecule has 0 bridgehead atoms.